The van der Waals surface area contributed by atoms with Crippen molar-refractivity contribution in [2.75, 3.05) is 18.4 Å². The van der Waals surface area contributed by atoms with E-state index < -0.39 is 35.7 Å². The fourth-order valence-electron chi connectivity index (χ4n) is 5.35. The van der Waals surface area contributed by atoms with Crippen molar-refractivity contribution in [2.45, 2.75) is 57.7 Å². The summed E-state index contributed by atoms with van der Waals surface area (Å²) in [5.41, 5.74) is 2.30. The number of halogens is 1. The minimum Gasteiger partial charge on any atom is -0.442 e. The topological polar surface area (TPSA) is 112 Å². The minimum absolute atomic E-state index is 0.281. The van der Waals surface area contributed by atoms with Crippen LogP contribution in [-0.4, -0.2) is 58.1 Å². The molecule has 43 heavy (non-hydrogen) atoms. The SMILES string of the molecule is CC(C)(C)OC(=O)NN(C(=O)[n+]1ccc(Cc2ccccc2)cc1)C1(C(=O)N2CCCC2)CC(=O)c2ccc(Cl)cc2N1. The van der Waals surface area contributed by atoms with Gasteiger partial charge in [-0.1, -0.05) is 46.9 Å². The van der Waals surface area contributed by atoms with Crippen LogP contribution in [0, 0.1) is 0 Å². The van der Waals surface area contributed by atoms with Gasteiger partial charge in [-0.15, -0.1) is 0 Å². The second kappa shape index (κ2) is 12.0. The first-order valence-corrected chi connectivity index (χ1v) is 14.6. The molecule has 224 valence electrons. The summed E-state index contributed by atoms with van der Waals surface area (Å²) in [5, 5.41) is 4.37. The molecule has 0 spiro atoms. The first-order chi connectivity index (χ1) is 20.4. The van der Waals surface area contributed by atoms with Crippen LogP contribution in [0.25, 0.3) is 0 Å². The Hall–Kier alpha value is -4.44. The van der Waals surface area contributed by atoms with Crippen LogP contribution in [0.15, 0.2) is 73.1 Å². The number of hydrazine groups is 1. The molecule has 2 N–H and O–H groups in total. The van der Waals surface area contributed by atoms with Gasteiger partial charge in [-0.2, -0.15) is 14.8 Å². The highest BCUT2D eigenvalue weighted by molar-refractivity contribution is 6.31. The molecule has 11 heteroatoms. The molecule has 0 saturated carbocycles. The number of ketones is 1. The number of likely N-dealkylation sites (tertiary alicyclic amines) is 1. The maximum Gasteiger partial charge on any atom is 0.524 e. The van der Waals surface area contributed by atoms with E-state index >= 15 is 0 Å². The van der Waals surface area contributed by atoms with E-state index in [0.29, 0.717) is 30.1 Å². The molecule has 5 rings (SSSR count). The normalized spacial score (nSPS) is 18.0. The molecule has 0 aliphatic carbocycles. The highest BCUT2D eigenvalue weighted by atomic mass is 35.5. The zero-order chi connectivity index (χ0) is 30.8. The smallest absolute Gasteiger partial charge is 0.442 e. The van der Waals surface area contributed by atoms with Crippen molar-refractivity contribution in [3.8, 4) is 0 Å². The molecule has 1 unspecified atom stereocenters. The number of amides is 3. The summed E-state index contributed by atoms with van der Waals surface area (Å²) >= 11 is 6.27. The van der Waals surface area contributed by atoms with Gasteiger partial charge in [0.25, 0.3) is 11.6 Å². The van der Waals surface area contributed by atoms with Gasteiger partial charge in [0, 0.05) is 23.7 Å². The first-order valence-electron chi connectivity index (χ1n) is 14.2. The van der Waals surface area contributed by atoms with Crippen LogP contribution in [0.5, 0.6) is 0 Å². The van der Waals surface area contributed by atoms with Gasteiger partial charge < -0.3 is 15.0 Å². The number of benzene rings is 2. The number of hydrogen-bond acceptors (Lipinski definition) is 6. The van der Waals surface area contributed by atoms with Crippen LogP contribution in [0.3, 0.4) is 0 Å². The molecule has 1 saturated heterocycles. The van der Waals surface area contributed by atoms with E-state index in [-0.39, 0.29) is 11.5 Å². The molecule has 0 radical (unpaired) electrons. The molecule has 10 nitrogen and oxygen atoms in total. The van der Waals surface area contributed by atoms with Crippen LogP contribution in [0.2, 0.25) is 5.02 Å². The van der Waals surface area contributed by atoms with Gasteiger partial charge in [0.05, 0.1) is 24.5 Å². The number of aromatic nitrogens is 1. The number of nitrogens with zero attached hydrogens (tertiary/aromatic N) is 3. The Labute approximate surface area is 255 Å². The second-order valence-electron chi connectivity index (χ2n) is 11.8. The largest absolute Gasteiger partial charge is 0.524 e. The molecule has 1 fully saturated rings. The molecule has 3 amide bonds. The van der Waals surface area contributed by atoms with E-state index in [4.69, 9.17) is 16.3 Å². The van der Waals surface area contributed by atoms with E-state index in [9.17, 15) is 19.2 Å². The zero-order valence-electron chi connectivity index (χ0n) is 24.4. The lowest BCUT2D eigenvalue weighted by Gasteiger charge is -2.41. The van der Waals surface area contributed by atoms with Crippen molar-refractivity contribution < 1.29 is 28.5 Å². The van der Waals surface area contributed by atoms with Crippen LogP contribution in [-0.2, 0) is 16.0 Å². The lowest BCUT2D eigenvalue weighted by atomic mass is 9.90. The number of carbonyl (C=O) groups excluding carboxylic acids is 4. The molecular formula is C32H35ClN5O5+. The fourth-order valence-corrected chi connectivity index (χ4v) is 5.52. The van der Waals surface area contributed by atoms with Gasteiger partial charge in [-0.05, 0) is 81.5 Å². The molecule has 2 aromatic carbocycles. The number of carbonyl (C=O) groups is 4. The van der Waals surface area contributed by atoms with Gasteiger partial charge in [-0.3, -0.25) is 9.59 Å². The second-order valence-corrected chi connectivity index (χ2v) is 12.2. The maximum absolute atomic E-state index is 14.3. The third-order valence-corrected chi connectivity index (χ3v) is 7.57. The number of fused-ring (bicyclic) bond motifs is 1. The van der Waals surface area contributed by atoms with Crippen LogP contribution < -0.4 is 15.3 Å². The van der Waals surface area contributed by atoms with Gasteiger partial charge in [-0.25, -0.2) is 4.79 Å². The van der Waals surface area contributed by atoms with E-state index in [0.717, 1.165) is 29.0 Å². The van der Waals surface area contributed by atoms with Gasteiger partial charge in [0.1, 0.15) is 5.60 Å². The van der Waals surface area contributed by atoms with Crippen molar-refractivity contribution >= 4 is 41.1 Å². The standard InChI is InChI=1S/C32H34ClN5O5/c1-31(2,3)43-29(41)35-38(30(42)37-17-13-23(14-18-37)19-22-9-5-4-6-10-22)32(28(40)36-15-7-8-16-36)21-27(39)25-12-11-24(33)20-26(25)34-32/h4-6,9-14,17-18,20H,7-8,15-16,19,21H2,1-3H3,(H-,34,35,39,41)/p+1. The van der Waals surface area contributed by atoms with Crippen LogP contribution in [0.1, 0.15) is 61.5 Å². The summed E-state index contributed by atoms with van der Waals surface area (Å²) in [6.07, 6.45) is 3.96. The Kier molecular flexibility index (Phi) is 8.41. The Morgan fingerprint density at radius 2 is 1.67 bits per heavy atom. The summed E-state index contributed by atoms with van der Waals surface area (Å²) in [5.74, 6) is -0.903. The molecule has 3 aromatic rings. The lowest BCUT2D eigenvalue weighted by molar-refractivity contribution is -0.580. The Balaban J connectivity index is 1.57. The van der Waals surface area contributed by atoms with Crippen molar-refractivity contribution in [2.24, 2.45) is 0 Å². The molecule has 1 atom stereocenters. The summed E-state index contributed by atoms with van der Waals surface area (Å²) in [4.78, 5) is 57.0. The highest BCUT2D eigenvalue weighted by Gasteiger charge is 2.60. The van der Waals surface area contributed by atoms with Crippen molar-refractivity contribution in [1.82, 2.24) is 15.3 Å². The number of nitrogens with one attached hydrogen (secondary N) is 2. The fraction of sp³-hybridized carbons (Fsp3) is 0.344. The van der Waals surface area contributed by atoms with E-state index in [2.05, 4.69) is 10.7 Å². The van der Waals surface area contributed by atoms with Gasteiger partial charge in [0.15, 0.2) is 5.78 Å². The van der Waals surface area contributed by atoms with Crippen molar-refractivity contribution in [1.29, 1.82) is 0 Å². The lowest BCUT2D eigenvalue weighted by Crippen LogP contribution is -2.75. The van der Waals surface area contributed by atoms with E-state index in [1.807, 2.05) is 30.3 Å². The molecule has 2 aliphatic heterocycles. The molecule has 2 aliphatic rings. The Morgan fingerprint density at radius 3 is 2.33 bits per heavy atom. The number of hydrogen-bond donors (Lipinski definition) is 2. The van der Waals surface area contributed by atoms with Crippen molar-refractivity contribution in [3.63, 3.8) is 0 Å². The summed E-state index contributed by atoms with van der Waals surface area (Å²) < 4.78 is 6.74. The summed E-state index contributed by atoms with van der Waals surface area (Å²) in [7, 11) is 0. The number of Topliss-reactive ketones (excluding diaryl/α,β-unsaturated/α-hetero) is 1. The molecular weight excluding hydrogens is 570 g/mol. The van der Waals surface area contributed by atoms with Crippen LogP contribution in [0.4, 0.5) is 15.3 Å². The number of pyridine rings is 1. The quantitative estimate of drug-likeness (QED) is 0.322. The van der Waals surface area contributed by atoms with Gasteiger partial charge in [0.2, 0.25) is 0 Å². The molecule has 1 aromatic heterocycles. The number of anilines is 1. The number of rotatable bonds is 4. The summed E-state index contributed by atoms with van der Waals surface area (Å²) in [6.45, 7) is 5.96. The Bertz CT molecular complexity index is 1530. The maximum atomic E-state index is 14.3. The van der Waals surface area contributed by atoms with Crippen molar-refractivity contribution in [3.05, 3.63) is 94.8 Å². The third-order valence-electron chi connectivity index (χ3n) is 7.33. The zero-order valence-corrected chi connectivity index (χ0v) is 25.2. The number of ether oxygens (including phenoxy) is 1. The predicted molar refractivity (Wildman–Crippen MR) is 160 cm³/mol. The van der Waals surface area contributed by atoms with Crippen LogP contribution >= 0.6 is 11.6 Å². The van der Waals surface area contributed by atoms with E-state index in [1.54, 1.807) is 62.3 Å². The average molecular weight is 605 g/mol. The summed E-state index contributed by atoms with van der Waals surface area (Å²) in [6, 6.07) is 17.4. The van der Waals surface area contributed by atoms with Gasteiger partial charge >= 0.3 is 12.1 Å². The monoisotopic (exact) mass is 604 g/mol. The molecule has 0 bridgehead atoms. The first kappa shape index (κ1) is 30.0. The third kappa shape index (κ3) is 6.64. The predicted octanol–water partition coefficient (Wildman–Crippen LogP) is 4.95. The minimum atomic E-state index is -2.00. The van der Waals surface area contributed by atoms with E-state index in [1.165, 1.54) is 10.6 Å². The average Bonchev–Trinajstić information content (AvgIpc) is 3.50. The molecule has 3 heterocycles. The Morgan fingerprint density at radius 1 is 1.02 bits per heavy atom. The highest BCUT2D eigenvalue weighted by Crippen LogP contribution is 2.36.